The third-order valence-electron chi connectivity index (χ3n) is 1.11. The molecule has 0 aliphatic rings. The zero-order valence-electron chi connectivity index (χ0n) is 6.20. The molecule has 0 amide bonds. The number of nitrogens with zero attached hydrogens (tertiary/aromatic N) is 2. The summed E-state index contributed by atoms with van der Waals surface area (Å²) < 4.78 is 0. The zero-order chi connectivity index (χ0) is 6.69. The van der Waals surface area contributed by atoms with Crippen LogP contribution in [0.3, 0.4) is 0 Å². The number of anilines is 1. The highest BCUT2D eigenvalue weighted by Gasteiger charge is 1.89. The van der Waals surface area contributed by atoms with Gasteiger partial charge in [-0.25, -0.2) is 4.98 Å². The van der Waals surface area contributed by atoms with Crippen LogP contribution in [-0.2, 0) is 0 Å². The van der Waals surface area contributed by atoms with Gasteiger partial charge < -0.3 is 10.4 Å². The van der Waals surface area contributed by atoms with Crippen molar-refractivity contribution in [3.8, 4) is 0 Å². The number of rotatable bonds is 1. The van der Waals surface area contributed by atoms with Gasteiger partial charge in [-0.15, -0.1) is 0 Å². The molecule has 1 heterocycles. The summed E-state index contributed by atoms with van der Waals surface area (Å²) in [5.41, 5.74) is 0. The summed E-state index contributed by atoms with van der Waals surface area (Å²) >= 11 is 0. The minimum Gasteiger partial charge on any atom is -0.412 e. The zero-order valence-corrected chi connectivity index (χ0v) is 6.20. The van der Waals surface area contributed by atoms with Crippen molar-refractivity contribution in [3.05, 3.63) is 24.4 Å². The van der Waals surface area contributed by atoms with Crippen LogP contribution in [0, 0.1) is 0 Å². The van der Waals surface area contributed by atoms with Gasteiger partial charge in [0.15, 0.2) is 0 Å². The minimum atomic E-state index is 0. The van der Waals surface area contributed by atoms with E-state index in [0.29, 0.717) is 0 Å². The summed E-state index contributed by atoms with van der Waals surface area (Å²) in [6.07, 6.45) is 1.79. The van der Waals surface area contributed by atoms with E-state index in [1.54, 1.807) is 6.20 Å². The van der Waals surface area contributed by atoms with Gasteiger partial charge in [0, 0.05) is 20.3 Å². The predicted octanol–water partition coefficient (Wildman–Crippen LogP) is 0.323. The molecule has 0 radical (unpaired) electrons. The second-order valence-corrected chi connectivity index (χ2v) is 2.08. The fourth-order valence-electron chi connectivity index (χ4n) is 0.618. The lowest BCUT2D eigenvalue weighted by Gasteiger charge is -2.08. The molecule has 0 spiro atoms. The van der Waals surface area contributed by atoms with E-state index >= 15 is 0 Å². The molecule has 0 fully saturated rings. The van der Waals surface area contributed by atoms with Crippen molar-refractivity contribution in [2.45, 2.75) is 0 Å². The van der Waals surface area contributed by atoms with Crippen molar-refractivity contribution in [2.24, 2.45) is 0 Å². The molecule has 0 saturated heterocycles. The first kappa shape index (κ1) is 8.91. The Morgan fingerprint density at radius 3 is 2.30 bits per heavy atom. The van der Waals surface area contributed by atoms with E-state index in [0.717, 1.165) is 5.82 Å². The van der Waals surface area contributed by atoms with Crippen LogP contribution >= 0.6 is 0 Å². The van der Waals surface area contributed by atoms with Crippen LogP contribution in [0.2, 0.25) is 0 Å². The van der Waals surface area contributed by atoms with Gasteiger partial charge in [0.25, 0.3) is 0 Å². The Balaban J connectivity index is 0.000000810. The SMILES string of the molecule is CN(C)c1ccccn1.O. The van der Waals surface area contributed by atoms with Gasteiger partial charge in [0.1, 0.15) is 5.82 Å². The van der Waals surface area contributed by atoms with Crippen molar-refractivity contribution in [1.29, 1.82) is 0 Å². The lowest BCUT2D eigenvalue weighted by Crippen LogP contribution is -2.09. The molecule has 0 aromatic carbocycles. The monoisotopic (exact) mass is 140 g/mol. The smallest absolute Gasteiger partial charge is 0.127 e. The van der Waals surface area contributed by atoms with E-state index in [-0.39, 0.29) is 5.48 Å². The van der Waals surface area contributed by atoms with E-state index in [2.05, 4.69) is 4.98 Å². The normalized spacial score (nSPS) is 8.20. The number of pyridine rings is 1. The maximum absolute atomic E-state index is 4.10. The molecule has 56 valence electrons. The largest absolute Gasteiger partial charge is 0.412 e. The Bertz CT molecular complexity index is 174. The van der Waals surface area contributed by atoms with Gasteiger partial charge in [0.2, 0.25) is 0 Å². The van der Waals surface area contributed by atoms with Crippen LogP contribution in [0.5, 0.6) is 0 Å². The first-order valence-electron chi connectivity index (χ1n) is 2.89. The highest BCUT2D eigenvalue weighted by Crippen LogP contribution is 2.02. The van der Waals surface area contributed by atoms with E-state index < -0.39 is 0 Å². The highest BCUT2D eigenvalue weighted by molar-refractivity contribution is 5.34. The van der Waals surface area contributed by atoms with E-state index in [1.165, 1.54) is 0 Å². The number of hydrogen-bond donors (Lipinski definition) is 0. The second-order valence-electron chi connectivity index (χ2n) is 2.08. The molecular formula is C7H12N2O. The van der Waals surface area contributed by atoms with Crippen LogP contribution in [0.15, 0.2) is 24.4 Å². The number of aromatic nitrogens is 1. The second kappa shape index (κ2) is 3.85. The predicted molar refractivity (Wildman–Crippen MR) is 42.2 cm³/mol. The van der Waals surface area contributed by atoms with Gasteiger partial charge >= 0.3 is 0 Å². The molecule has 0 atom stereocenters. The Kier molecular flexibility index (Phi) is 3.43. The summed E-state index contributed by atoms with van der Waals surface area (Å²) in [4.78, 5) is 6.08. The average Bonchev–Trinajstić information content (AvgIpc) is 1.90. The molecule has 0 aliphatic heterocycles. The van der Waals surface area contributed by atoms with Crippen LogP contribution in [0.1, 0.15) is 0 Å². The fourth-order valence-corrected chi connectivity index (χ4v) is 0.618. The van der Waals surface area contributed by atoms with Crippen molar-refractivity contribution in [1.82, 2.24) is 4.98 Å². The molecule has 0 bridgehead atoms. The van der Waals surface area contributed by atoms with Gasteiger partial charge in [-0.1, -0.05) is 6.07 Å². The summed E-state index contributed by atoms with van der Waals surface area (Å²) in [6, 6.07) is 5.86. The lowest BCUT2D eigenvalue weighted by molar-refractivity contribution is 0.824. The summed E-state index contributed by atoms with van der Waals surface area (Å²) in [7, 11) is 3.95. The Morgan fingerprint density at radius 1 is 1.30 bits per heavy atom. The van der Waals surface area contributed by atoms with Crippen molar-refractivity contribution >= 4 is 5.82 Å². The molecule has 0 unspecified atom stereocenters. The number of hydrogen-bond acceptors (Lipinski definition) is 2. The van der Waals surface area contributed by atoms with Gasteiger partial charge in [-0.2, -0.15) is 0 Å². The van der Waals surface area contributed by atoms with Crippen molar-refractivity contribution in [2.75, 3.05) is 19.0 Å². The molecule has 1 aromatic rings. The molecule has 10 heavy (non-hydrogen) atoms. The first-order valence-corrected chi connectivity index (χ1v) is 2.89. The van der Waals surface area contributed by atoms with E-state index in [1.807, 2.05) is 37.2 Å². The Morgan fingerprint density at radius 2 is 2.00 bits per heavy atom. The topological polar surface area (TPSA) is 47.6 Å². The summed E-state index contributed by atoms with van der Waals surface area (Å²) in [5.74, 6) is 0.998. The van der Waals surface area contributed by atoms with Crippen LogP contribution < -0.4 is 4.90 Å². The van der Waals surface area contributed by atoms with Crippen molar-refractivity contribution in [3.63, 3.8) is 0 Å². The highest BCUT2D eigenvalue weighted by atomic mass is 16.0. The molecular weight excluding hydrogens is 128 g/mol. The fraction of sp³-hybridized carbons (Fsp3) is 0.286. The third kappa shape index (κ3) is 2.03. The molecule has 0 saturated carbocycles. The average molecular weight is 140 g/mol. The van der Waals surface area contributed by atoms with Crippen LogP contribution in [-0.4, -0.2) is 24.6 Å². The van der Waals surface area contributed by atoms with Crippen LogP contribution in [0.25, 0.3) is 0 Å². The Labute approximate surface area is 60.6 Å². The van der Waals surface area contributed by atoms with E-state index in [4.69, 9.17) is 0 Å². The van der Waals surface area contributed by atoms with E-state index in [9.17, 15) is 0 Å². The molecule has 3 heteroatoms. The maximum atomic E-state index is 4.10. The van der Waals surface area contributed by atoms with Gasteiger partial charge in [0.05, 0.1) is 0 Å². The van der Waals surface area contributed by atoms with Gasteiger partial charge in [-0.3, -0.25) is 0 Å². The lowest BCUT2D eigenvalue weighted by atomic mass is 10.4. The standard InChI is InChI=1S/C7H10N2.H2O/c1-9(2)7-5-3-4-6-8-7;/h3-6H,1-2H3;1H2. The quantitative estimate of drug-likeness (QED) is 0.564. The maximum Gasteiger partial charge on any atom is 0.127 e. The minimum absolute atomic E-state index is 0. The Hall–Kier alpha value is -1.09. The summed E-state index contributed by atoms with van der Waals surface area (Å²) in [6.45, 7) is 0. The molecule has 1 aromatic heterocycles. The molecule has 0 aliphatic carbocycles. The molecule has 1 rings (SSSR count). The third-order valence-corrected chi connectivity index (χ3v) is 1.11. The van der Waals surface area contributed by atoms with Gasteiger partial charge in [-0.05, 0) is 12.1 Å². The summed E-state index contributed by atoms with van der Waals surface area (Å²) in [5, 5.41) is 0. The van der Waals surface area contributed by atoms with Crippen molar-refractivity contribution < 1.29 is 5.48 Å². The molecule has 2 N–H and O–H groups in total. The molecule has 3 nitrogen and oxygen atoms in total. The van der Waals surface area contributed by atoms with Crippen LogP contribution in [0.4, 0.5) is 5.82 Å². The first-order chi connectivity index (χ1) is 4.30.